The first-order chi connectivity index (χ1) is 14.4. The average Bonchev–Trinajstić information content (AvgIpc) is 3.19. The third kappa shape index (κ3) is 3.91. The van der Waals surface area contributed by atoms with Gasteiger partial charge in [-0.1, -0.05) is 17.3 Å². The van der Waals surface area contributed by atoms with E-state index in [1.54, 1.807) is 18.7 Å². The van der Waals surface area contributed by atoms with E-state index in [9.17, 15) is 14.0 Å². The molecule has 30 heavy (non-hydrogen) atoms. The van der Waals surface area contributed by atoms with Crippen molar-refractivity contribution >= 4 is 23.3 Å². The van der Waals surface area contributed by atoms with Crippen LogP contribution in [0.2, 0.25) is 0 Å². The maximum atomic E-state index is 13.0. The fourth-order valence-corrected chi connectivity index (χ4v) is 3.44. The number of rotatable bonds is 4. The molecule has 1 N–H and O–H groups in total. The van der Waals surface area contributed by atoms with Crippen LogP contribution in [0.1, 0.15) is 46.9 Å². The third-order valence-corrected chi connectivity index (χ3v) is 5.06. The summed E-state index contributed by atoms with van der Waals surface area (Å²) in [5.41, 5.74) is 2.58. The lowest BCUT2D eigenvalue weighted by Gasteiger charge is -2.29. The molecule has 0 fully saturated rings. The van der Waals surface area contributed by atoms with Crippen LogP contribution in [0.4, 0.5) is 15.9 Å². The van der Waals surface area contributed by atoms with Gasteiger partial charge >= 0.3 is 0 Å². The summed E-state index contributed by atoms with van der Waals surface area (Å²) in [6.45, 7) is 3.98. The fourth-order valence-electron chi connectivity index (χ4n) is 3.44. The van der Waals surface area contributed by atoms with Gasteiger partial charge in [-0.05, 0) is 49.1 Å². The zero-order valence-corrected chi connectivity index (χ0v) is 16.6. The van der Waals surface area contributed by atoms with Crippen LogP contribution in [-0.2, 0) is 11.2 Å². The minimum absolute atomic E-state index is 0.0315. The van der Waals surface area contributed by atoms with Crippen molar-refractivity contribution in [2.75, 3.05) is 16.8 Å². The van der Waals surface area contributed by atoms with Crippen LogP contribution in [0.3, 0.4) is 0 Å². The number of hydrogen-bond donors (Lipinski definition) is 1. The molecule has 8 nitrogen and oxygen atoms in total. The molecule has 0 radical (unpaired) electrons. The Morgan fingerprint density at radius 2 is 2.10 bits per heavy atom. The van der Waals surface area contributed by atoms with Crippen molar-refractivity contribution in [2.45, 2.75) is 32.6 Å². The molecule has 3 aromatic rings. The monoisotopic (exact) mass is 409 g/mol. The molecular weight excluding hydrogens is 389 g/mol. The Balaban J connectivity index is 1.53. The number of aromatic nitrogens is 3. The number of hydrogen-bond acceptors (Lipinski definition) is 6. The first-order valence-electron chi connectivity index (χ1n) is 9.60. The van der Waals surface area contributed by atoms with Gasteiger partial charge in [-0.2, -0.15) is 4.98 Å². The van der Waals surface area contributed by atoms with Crippen LogP contribution in [0.15, 0.2) is 41.1 Å². The standard InChI is InChI=1S/C21H20FN5O3/c1-12(20(28)25-18-8-6-16(22)11-23-18)14-5-7-17-15(10-14)4-3-9-27(17)21(29)19-24-13(2)30-26-19/h5-8,10-12H,3-4,9H2,1-2H3,(H,23,25,28). The van der Waals surface area contributed by atoms with Gasteiger partial charge in [0.15, 0.2) is 0 Å². The first-order valence-corrected chi connectivity index (χ1v) is 9.60. The van der Waals surface area contributed by atoms with Gasteiger partial charge in [0.1, 0.15) is 11.6 Å². The van der Waals surface area contributed by atoms with E-state index in [0.29, 0.717) is 18.3 Å². The lowest BCUT2D eigenvalue weighted by molar-refractivity contribution is -0.117. The zero-order chi connectivity index (χ0) is 21.3. The highest BCUT2D eigenvalue weighted by Crippen LogP contribution is 2.31. The van der Waals surface area contributed by atoms with Crippen LogP contribution in [0, 0.1) is 12.7 Å². The van der Waals surface area contributed by atoms with Crippen molar-refractivity contribution < 1.29 is 18.5 Å². The summed E-state index contributed by atoms with van der Waals surface area (Å²) >= 11 is 0. The van der Waals surface area contributed by atoms with Crippen molar-refractivity contribution in [1.82, 2.24) is 15.1 Å². The third-order valence-electron chi connectivity index (χ3n) is 5.06. The van der Waals surface area contributed by atoms with Crippen molar-refractivity contribution in [2.24, 2.45) is 0 Å². The molecule has 2 amide bonds. The smallest absolute Gasteiger partial charge is 0.299 e. The SMILES string of the molecule is Cc1nc(C(=O)N2CCCc3cc(C(C)C(=O)Nc4ccc(F)cn4)ccc32)no1. The number of nitrogens with one attached hydrogen (secondary N) is 1. The minimum atomic E-state index is -0.467. The fraction of sp³-hybridized carbons (Fsp3) is 0.286. The summed E-state index contributed by atoms with van der Waals surface area (Å²) in [6.07, 6.45) is 2.64. The van der Waals surface area contributed by atoms with Crippen LogP contribution in [-0.4, -0.2) is 33.5 Å². The van der Waals surface area contributed by atoms with E-state index >= 15 is 0 Å². The molecule has 154 valence electrons. The Morgan fingerprint density at radius 3 is 2.80 bits per heavy atom. The molecule has 1 aromatic carbocycles. The second kappa shape index (κ2) is 8.02. The highest BCUT2D eigenvalue weighted by molar-refractivity contribution is 6.04. The quantitative estimate of drug-likeness (QED) is 0.710. The van der Waals surface area contributed by atoms with E-state index in [1.807, 2.05) is 18.2 Å². The molecule has 4 rings (SSSR count). The number of anilines is 2. The maximum Gasteiger partial charge on any atom is 0.299 e. The largest absolute Gasteiger partial charge is 0.339 e. The lowest BCUT2D eigenvalue weighted by atomic mass is 9.93. The topological polar surface area (TPSA) is 101 Å². The molecule has 0 bridgehead atoms. The highest BCUT2D eigenvalue weighted by Gasteiger charge is 2.28. The lowest BCUT2D eigenvalue weighted by Crippen LogP contribution is -2.36. The molecule has 2 aromatic heterocycles. The Bertz CT molecular complexity index is 1100. The molecular formula is C21H20FN5O3. The molecule has 1 atom stereocenters. The molecule has 0 saturated carbocycles. The van der Waals surface area contributed by atoms with Gasteiger partial charge in [-0.25, -0.2) is 9.37 Å². The van der Waals surface area contributed by atoms with Gasteiger partial charge in [-0.3, -0.25) is 9.59 Å². The zero-order valence-electron chi connectivity index (χ0n) is 16.6. The molecule has 1 unspecified atom stereocenters. The van der Waals surface area contributed by atoms with Crippen molar-refractivity contribution in [1.29, 1.82) is 0 Å². The predicted octanol–water partition coefficient (Wildman–Crippen LogP) is 3.25. The summed E-state index contributed by atoms with van der Waals surface area (Å²) in [5, 5.41) is 6.41. The Morgan fingerprint density at radius 1 is 1.27 bits per heavy atom. The number of amides is 2. The van der Waals surface area contributed by atoms with Gasteiger partial charge in [0.05, 0.1) is 12.1 Å². The Kier molecular flexibility index (Phi) is 5.26. The number of carbonyl (C=O) groups excluding carboxylic acids is 2. The Labute approximate surface area is 172 Å². The van der Waals surface area contributed by atoms with Crippen LogP contribution < -0.4 is 10.2 Å². The predicted molar refractivity (Wildman–Crippen MR) is 107 cm³/mol. The highest BCUT2D eigenvalue weighted by atomic mass is 19.1. The van der Waals surface area contributed by atoms with Gasteiger partial charge in [0, 0.05) is 19.2 Å². The van der Waals surface area contributed by atoms with E-state index in [0.717, 1.165) is 35.9 Å². The minimum Gasteiger partial charge on any atom is -0.339 e. The number of aryl methyl sites for hydroxylation is 2. The molecule has 9 heteroatoms. The van der Waals surface area contributed by atoms with Crippen molar-refractivity contribution in [3.8, 4) is 0 Å². The molecule has 1 aliphatic heterocycles. The molecule has 1 aliphatic rings. The van der Waals surface area contributed by atoms with Gasteiger partial charge < -0.3 is 14.7 Å². The van der Waals surface area contributed by atoms with E-state index in [4.69, 9.17) is 4.52 Å². The number of fused-ring (bicyclic) bond motifs is 1. The van der Waals surface area contributed by atoms with E-state index in [-0.39, 0.29) is 17.6 Å². The van der Waals surface area contributed by atoms with E-state index < -0.39 is 11.7 Å². The van der Waals surface area contributed by atoms with Crippen molar-refractivity contribution in [3.63, 3.8) is 0 Å². The summed E-state index contributed by atoms with van der Waals surface area (Å²) in [6, 6.07) is 8.26. The number of halogens is 1. The summed E-state index contributed by atoms with van der Waals surface area (Å²) < 4.78 is 17.9. The molecule has 0 spiro atoms. The van der Waals surface area contributed by atoms with Gasteiger partial charge in [0.2, 0.25) is 11.8 Å². The summed E-state index contributed by atoms with van der Waals surface area (Å²) in [7, 11) is 0. The molecule has 0 aliphatic carbocycles. The number of nitrogens with zero attached hydrogens (tertiary/aromatic N) is 4. The van der Waals surface area contributed by atoms with E-state index in [1.165, 1.54) is 12.1 Å². The number of carbonyl (C=O) groups is 2. The Hall–Kier alpha value is -3.62. The summed E-state index contributed by atoms with van der Waals surface area (Å²) in [4.78, 5) is 34.9. The van der Waals surface area contributed by atoms with Crippen LogP contribution in [0.25, 0.3) is 0 Å². The van der Waals surface area contributed by atoms with Crippen LogP contribution in [0.5, 0.6) is 0 Å². The average molecular weight is 409 g/mol. The first kappa shape index (κ1) is 19.7. The van der Waals surface area contributed by atoms with E-state index in [2.05, 4.69) is 20.4 Å². The maximum absolute atomic E-state index is 13.0. The number of benzene rings is 1. The number of pyridine rings is 1. The van der Waals surface area contributed by atoms with Crippen molar-refractivity contribution in [3.05, 3.63) is 65.2 Å². The second-order valence-corrected chi connectivity index (χ2v) is 7.16. The van der Waals surface area contributed by atoms with Gasteiger partial charge in [0.25, 0.3) is 11.7 Å². The normalized spacial score (nSPS) is 14.2. The van der Waals surface area contributed by atoms with Crippen LogP contribution >= 0.6 is 0 Å². The second-order valence-electron chi connectivity index (χ2n) is 7.16. The van der Waals surface area contributed by atoms with Gasteiger partial charge in [-0.15, -0.1) is 0 Å². The molecule has 0 saturated heterocycles. The summed E-state index contributed by atoms with van der Waals surface area (Å²) in [5.74, 6) is -0.823. The molecule has 3 heterocycles.